The zero-order valence-electron chi connectivity index (χ0n) is 8.60. The molecule has 0 aliphatic carbocycles. The minimum Gasteiger partial charge on any atom is -0.476 e. The molecule has 0 aromatic carbocycles. The number of nitrogens with one attached hydrogen (secondary N) is 1. The summed E-state index contributed by atoms with van der Waals surface area (Å²) in [4.78, 5) is 13.1. The molecule has 2 rings (SSSR count). The van der Waals surface area contributed by atoms with Gasteiger partial charge in [-0.1, -0.05) is 0 Å². The van der Waals surface area contributed by atoms with Gasteiger partial charge in [-0.2, -0.15) is 10.3 Å². The molecule has 82 valence electrons. The van der Waals surface area contributed by atoms with Gasteiger partial charge in [0.15, 0.2) is 5.69 Å². The summed E-state index contributed by atoms with van der Waals surface area (Å²) in [6.45, 7) is 1.97. The van der Waals surface area contributed by atoms with Gasteiger partial charge in [0.05, 0.1) is 0 Å². The Bertz CT molecular complexity index is 355. The maximum Gasteiger partial charge on any atom is 0.358 e. The number of nitrogens with zero attached hydrogens (tertiary/aromatic N) is 3. The molecule has 0 radical (unpaired) electrons. The minimum absolute atomic E-state index is 0.0737. The zero-order chi connectivity index (χ0) is 10.8. The largest absolute Gasteiger partial charge is 0.476 e. The molecule has 2 N–H and O–H groups in total. The molecule has 0 amide bonds. The molecule has 0 bridgehead atoms. The van der Waals surface area contributed by atoms with Crippen molar-refractivity contribution in [2.24, 2.45) is 0 Å². The molecule has 2 heterocycles. The SMILES string of the molecule is CN1CCC(c2n[nH]nc2C(=O)O)CC1. The van der Waals surface area contributed by atoms with Crippen LogP contribution in [0.5, 0.6) is 0 Å². The Morgan fingerprint density at radius 2 is 2.13 bits per heavy atom. The van der Waals surface area contributed by atoms with Crippen molar-refractivity contribution >= 4 is 5.97 Å². The van der Waals surface area contributed by atoms with Crippen LogP contribution in [0.4, 0.5) is 0 Å². The fourth-order valence-electron chi connectivity index (χ4n) is 1.96. The van der Waals surface area contributed by atoms with Crippen LogP contribution in [-0.2, 0) is 0 Å². The molecular formula is C9H14N4O2. The lowest BCUT2D eigenvalue weighted by Crippen LogP contribution is -2.29. The molecule has 1 aliphatic heterocycles. The van der Waals surface area contributed by atoms with E-state index in [1.807, 2.05) is 0 Å². The van der Waals surface area contributed by atoms with Crippen LogP contribution < -0.4 is 0 Å². The van der Waals surface area contributed by atoms with Crippen LogP contribution in [0.1, 0.15) is 34.9 Å². The van der Waals surface area contributed by atoms with Crippen molar-refractivity contribution in [3.8, 4) is 0 Å². The number of aromatic nitrogens is 3. The van der Waals surface area contributed by atoms with Crippen molar-refractivity contribution in [1.82, 2.24) is 20.3 Å². The highest BCUT2D eigenvalue weighted by Crippen LogP contribution is 2.27. The van der Waals surface area contributed by atoms with Gasteiger partial charge in [0, 0.05) is 5.92 Å². The van der Waals surface area contributed by atoms with Crippen LogP contribution in [-0.4, -0.2) is 51.5 Å². The number of aromatic amines is 1. The number of hydrogen-bond acceptors (Lipinski definition) is 4. The van der Waals surface area contributed by atoms with E-state index in [4.69, 9.17) is 5.11 Å². The van der Waals surface area contributed by atoms with E-state index in [1.54, 1.807) is 0 Å². The highest BCUT2D eigenvalue weighted by molar-refractivity contribution is 5.86. The maximum atomic E-state index is 10.9. The molecule has 6 nitrogen and oxygen atoms in total. The summed E-state index contributed by atoms with van der Waals surface area (Å²) in [5.74, 6) is -0.774. The lowest BCUT2D eigenvalue weighted by Gasteiger charge is -2.27. The predicted octanol–water partition coefficient (Wildman–Crippen LogP) is 0.312. The summed E-state index contributed by atoms with van der Waals surface area (Å²) >= 11 is 0. The molecule has 0 unspecified atom stereocenters. The lowest BCUT2D eigenvalue weighted by atomic mass is 9.92. The molecule has 0 atom stereocenters. The average Bonchev–Trinajstić information content (AvgIpc) is 2.67. The molecule has 1 saturated heterocycles. The van der Waals surface area contributed by atoms with E-state index in [9.17, 15) is 4.79 Å². The first kappa shape index (κ1) is 10.1. The Labute approximate surface area is 87.3 Å². The number of rotatable bonds is 2. The van der Waals surface area contributed by atoms with Crippen molar-refractivity contribution in [2.45, 2.75) is 18.8 Å². The molecule has 15 heavy (non-hydrogen) atoms. The maximum absolute atomic E-state index is 10.9. The highest BCUT2D eigenvalue weighted by Gasteiger charge is 2.26. The number of aromatic carboxylic acids is 1. The molecule has 1 aromatic rings. The topological polar surface area (TPSA) is 82.1 Å². The molecule has 1 aromatic heterocycles. The summed E-state index contributed by atoms with van der Waals surface area (Å²) in [6, 6.07) is 0. The van der Waals surface area contributed by atoms with E-state index in [-0.39, 0.29) is 11.6 Å². The Kier molecular flexibility index (Phi) is 2.68. The Morgan fingerprint density at radius 1 is 1.47 bits per heavy atom. The Hall–Kier alpha value is -1.43. The van der Waals surface area contributed by atoms with E-state index in [1.165, 1.54) is 0 Å². The first-order valence-corrected chi connectivity index (χ1v) is 5.01. The third-order valence-corrected chi connectivity index (χ3v) is 2.88. The average molecular weight is 210 g/mol. The third kappa shape index (κ3) is 1.99. The van der Waals surface area contributed by atoms with Gasteiger partial charge >= 0.3 is 5.97 Å². The molecule has 1 aliphatic rings. The van der Waals surface area contributed by atoms with Crippen LogP contribution in [0.25, 0.3) is 0 Å². The van der Waals surface area contributed by atoms with Gasteiger partial charge < -0.3 is 10.0 Å². The minimum atomic E-state index is -1.00. The Balaban J connectivity index is 2.15. The predicted molar refractivity (Wildman–Crippen MR) is 52.8 cm³/mol. The molecule has 1 fully saturated rings. The van der Waals surface area contributed by atoms with Crippen LogP contribution in [0.2, 0.25) is 0 Å². The van der Waals surface area contributed by atoms with Crippen LogP contribution >= 0.6 is 0 Å². The van der Waals surface area contributed by atoms with Gasteiger partial charge in [0.1, 0.15) is 5.69 Å². The number of carbonyl (C=O) groups is 1. The van der Waals surface area contributed by atoms with Crippen LogP contribution in [0.3, 0.4) is 0 Å². The number of carboxylic acid groups (broad SMARTS) is 1. The summed E-state index contributed by atoms with van der Waals surface area (Å²) in [5, 5.41) is 18.9. The van der Waals surface area contributed by atoms with Crippen molar-refractivity contribution in [2.75, 3.05) is 20.1 Å². The van der Waals surface area contributed by atoms with Gasteiger partial charge in [-0.25, -0.2) is 4.79 Å². The monoisotopic (exact) mass is 210 g/mol. The van der Waals surface area contributed by atoms with E-state index >= 15 is 0 Å². The number of carboxylic acids is 1. The van der Waals surface area contributed by atoms with Gasteiger partial charge in [-0.05, 0) is 33.0 Å². The van der Waals surface area contributed by atoms with Crippen molar-refractivity contribution < 1.29 is 9.90 Å². The number of hydrogen-bond donors (Lipinski definition) is 2. The second-order valence-electron chi connectivity index (χ2n) is 3.94. The molecular weight excluding hydrogens is 196 g/mol. The molecule has 0 spiro atoms. The second-order valence-corrected chi connectivity index (χ2v) is 3.94. The fraction of sp³-hybridized carbons (Fsp3) is 0.667. The van der Waals surface area contributed by atoms with Crippen LogP contribution in [0, 0.1) is 0 Å². The lowest BCUT2D eigenvalue weighted by molar-refractivity contribution is 0.0688. The fourth-order valence-corrected chi connectivity index (χ4v) is 1.96. The van der Waals surface area contributed by atoms with Gasteiger partial charge in [0.25, 0.3) is 0 Å². The molecule has 6 heteroatoms. The smallest absolute Gasteiger partial charge is 0.358 e. The zero-order valence-corrected chi connectivity index (χ0v) is 8.60. The van der Waals surface area contributed by atoms with Gasteiger partial charge in [-0.3, -0.25) is 0 Å². The normalized spacial score (nSPS) is 19.3. The number of H-pyrrole nitrogens is 1. The quantitative estimate of drug-likeness (QED) is 0.734. The Morgan fingerprint density at radius 3 is 2.73 bits per heavy atom. The first-order chi connectivity index (χ1) is 7.18. The number of likely N-dealkylation sites (tertiary alicyclic amines) is 1. The highest BCUT2D eigenvalue weighted by atomic mass is 16.4. The summed E-state index contributed by atoms with van der Waals surface area (Å²) in [7, 11) is 2.07. The van der Waals surface area contributed by atoms with Crippen molar-refractivity contribution in [3.05, 3.63) is 11.4 Å². The van der Waals surface area contributed by atoms with Gasteiger partial charge in [0.2, 0.25) is 0 Å². The number of piperidine rings is 1. The summed E-state index contributed by atoms with van der Waals surface area (Å²) in [5.41, 5.74) is 0.681. The molecule has 0 saturated carbocycles. The van der Waals surface area contributed by atoms with Crippen LogP contribution in [0.15, 0.2) is 0 Å². The summed E-state index contributed by atoms with van der Waals surface area (Å²) in [6.07, 6.45) is 1.90. The standard InChI is InChI=1S/C9H14N4O2/c1-13-4-2-6(3-5-13)7-8(9(14)15)11-12-10-7/h6H,2-5H2,1H3,(H,14,15)(H,10,11,12). The third-order valence-electron chi connectivity index (χ3n) is 2.88. The van der Waals surface area contributed by atoms with E-state index < -0.39 is 5.97 Å². The summed E-state index contributed by atoms with van der Waals surface area (Å²) < 4.78 is 0. The first-order valence-electron chi connectivity index (χ1n) is 5.01. The van der Waals surface area contributed by atoms with E-state index in [2.05, 4.69) is 27.4 Å². The van der Waals surface area contributed by atoms with E-state index in [0.29, 0.717) is 5.69 Å². The van der Waals surface area contributed by atoms with Crippen molar-refractivity contribution in [3.63, 3.8) is 0 Å². The van der Waals surface area contributed by atoms with Crippen molar-refractivity contribution in [1.29, 1.82) is 0 Å². The second kappa shape index (κ2) is 3.98. The van der Waals surface area contributed by atoms with E-state index in [0.717, 1.165) is 25.9 Å². The van der Waals surface area contributed by atoms with Gasteiger partial charge in [-0.15, -0.1) is 5.10 Å².